The Morgan fingerprint density at radius 2 is 1.21 bits per heavy atom. The lowest BCUT2D eigenvalue weighted by Gasteiger charge is -2.25. The maximum Gasteiger partial charge on any atom is 0.119 e. The monoisotopic (exact) mass is 491 g/mol. The molecule has 4 nitrogen and oxygen atoms in total. The SMILES string of the molecule is COc1ccc(N(c2ccccc2)c2ccc(C=Cc3c(C#N)ccc4c(C)c(C#N)ccc34)cc2)cc1. The largest absolute Gasteiger partial charge is 0.497 e. The maximum absolute atomic E-state index is 9.74. The van der Waals surface area contributed by atoms with Crippen molar-refractivity contribution in [1.29, 1.82) is 10.5 Å². The number of nitrogens with zero attached hydrogens (tertiary/aromatic N) is 3. The van der Waals surface area contributed by atoms with Crippen LogP contribution < -0.4 is 9.64 Å². The van der Waals surface area contributed by atoms with Crippen LogP contribution in [-0.2, 0) is 0 Å². The maximum atomic E-state index is 9.74. The summed E-state index contributed by atoms with van der Waals surface area (Å²) in [6, 6.07) is 38.6. The summed E-state index contributed by atoms with van der Waals surface area (Å²) in [6.45, 7) is 1.94. The Morgan fingerprint density at radius 1 is 0.632 bits per heavy atom. The summed E-state index contributed by atoms with van der Waals surface area (Å²) in [5.74, 6) is 0.812. The highest BCUT2D eigenvalue weighted by Crippen LogP contribution is 2.35. The first-order valence-corrected chi connectivity index (χ1v) is 12.3. The zero-order valence-corrected chi connectivity index (χ0v) is 21.2. The van der Waals surface area contributed by atoms with Crippen LogP contribution in [0.3, 0.4) is 0 Å². The van der Waals surface area contributed by atoms with Crippen LogP contribution in [-0.4, -0.2) is 7.11 Å². The van der Waals surface area contributed by atoms with Crippen molar-refractivity contribution in [3.05, 3.63) is 131 Å². The van der Waals surface area contributed by atoms with Crippen LogP contribution in [0.25, 0.3) is 22.9 Å². The number of methoxy groups -OCH3 is 1. The second-order valence-electron chi connectivity index (χ2n) is 8.88. The smallest absolute Gasteiger partial charge is 0.119 e. The van der Waals surface area contributed by atoms with Gasteiger partial charge in [-0.15, -0.1) is 0 Å². The van der Waals surface area contributed by atoms with E-state index in [9.17, 15) is 10.5 Å². The van der Waals surface area contributed by atoms with Gasteiger partial charge in [-0.25, -0.2) is 0 Å². The minimum Gasteiger partial charge on any atom is -0.497 e. The van der Waals surface area contributed by atoms with Crippen molar-refractivity contribution < 1.29 is 4.74 Å². The van der Waals surface area contributed by atoms with Gasteiger partial charge in [0.15, 0.2) is 0 Å². The van der Waals surface area contributed by atoms with Gasteiger partial charge in [-0.05, 0) is 89.5 Å². The predicted octanol–water partition coefficient (Wildman–Crippen LogP) is 8.54. The van der Waals surface area contributed by atoms with Crippen LogP contribution >= 0.6 is 0 Å². The molecule has 0 fully saturated rings. The molecule has 0 heterocycles. The molecular weight excluding hydrogens is 466 g/mol. The highest BCUT2D eigenvalue weighted by molar-refractivity contribution is 5.97. The van der Waals surface area contributed by atoms with E-state index < -0.39 is 0 Å². The normalized spacial score (nSPS) is 10.7. The second-order valence-corrected chi connectivity index (χ2v) is 8.88. The molecule has 0 aromatic heterocycles. The Balaban J connectivity index is 1.51. The van der Waals surface area contributed by atoms with Gasteiger partial charge in [0.05, 0.1) is 30.4 Å². The number of fused-ring (bicyclic) bond motifs is 1. The molecule has 0 aliphatic heterocycles. The lowest BCUT2D eigenvalue weighted by molar-refractivity contribution is 0.415. The number of nitriles is 2. The minimum atomic E-state index is 0.601. The molecule has 0 bridgehead atoms. The first-order chi connectivity index (χ1) is 18.6. The summed E-state index contributed by atoms with van der Waals surface area (Å²) < 4.78 is 5.34. The number of hydrogen-bond donors (Lipinski definition) is 0. The first kappa shape index (κ1) is 24.4. The quantitative estimate of drug-likeness (QED) is 0.223. The van der Waals surface area contributed by atoms with Crippen LogP contribution in [0.5, 0.6) is 5.75 Å². The molecule has 0 atom stereocenters. The molecule has 5 aromatic carbocycles. The standard InChI is InChI=1S/C34H25N3O/c1-24-26(22-35)11-21-34-32(24)20-12-27(23-36)33(34)19-10-25-8-13-29(14-9-25)37(28-6-4-3-5-7-28)30-15-17-31(38-2)18-16-30/h3-21H,1-2H3. The van der Waals surface area contributed by atoms with Crippen molar-refractivity contribution in [1.82, 2.24) is 0 Å². The molecule has 0 spiro atoms. The molecule has 0 saturated heterocycles. The fourth-order valence-electron chi connectivity index (χ4n) is 4.65. The van der Waals surface area contributed by atoms with E-state index in [2.05, 4.69) is 53.4 Å². The first-order valence-electron chi connectivity index (χ1n) is 12.3. The van der Waals surface area contributed by atoms with Gasteiger partial charge in [0, 0.05) is 22.6 Å². The van der Waals surface area contributed by atoms with Crippen LogP contribution in [0.15, 0.2) is 103 Å². The molecule has 0 saturated carbocycles. The fourth-order valence-corrected chi connectivity index (χ4v) is 4.65. The minimum absolute atomic E-state index is 0.601. The van der Waals surface area contributed by atoms with Gasteiger partial charge in [0.2, 0.25) is 0 Å². The van der Waals surface area contributed by atoms with Crippen LogP contribution in [0.4, 0.5) is 17.1 Å². The molecule has 5 aromatic rings. The Kier molecular flexibility index (Phi) is 6.89. The van der Waals surface area contributed by atoms with E-state index in [0.29, 0.717) is 11.1 Å². The van der Waals surface area contributed by atoms with Gasteiger partial charge in [-0.1, -0.05) is 54.6 Å². The van der Waals surface area contributed by atoms with Crippen molar-refractivity contribution in [2.75, 3.05) is 12.0 Å². The Bertz CT molecular complexity index is 1710. The van der Waals surface area contributed by atoms with Crippen molar-refractivity contribution in [3.63, 3.8) is 0 Å². The molecule has 38 heavy (non-hydrogen) atoms. The van der Waals surface area contributed by atoms with E-state index in [1.807, 2.05) is 85.8 Å². The molecular formula is C34H25N3O. The van der Waals surface area contributed by atoms with Crippen molar-refractivity contribution in [3.8, 4) is 17.9 Å². The predicted molar refractivity (Wildman–Crippen MR) is 155 cm³/mol. The van der Waals surface area contributed by atoms with Gasteiger partial charge in [0.25, 0.3) is 0 Å². The number of aryl methyl sites for hydroxylation is 1. The van der Waals surface area contributed by atoms with E-state index in [1.54, 1.807) is 7.11 Å². The molecule has 0 N–H and O–H groups in total. The summed E-state index contributed by atoms with van der Waals surface area (Å²) in [5, 5.41) is 21.1. The summed E-state index contributed by atoms with van der Waals surface area (Å²) in [7, 11) is 1.67. The van der Waals surface area contributed by atoms with Crippen molar-refractivity contribution in [2.24, 2.45) is 0 Å². The molecule has 182 valence electrons. The Morgan fingerprint density at radius 3 is 1.84 bits per heavy atom. The summed E-state index contributed by atoms with van der Waals surface area (Å²) in [4.78, 5) is 2.20. The number of para-hydroxylation sites is 1. The van der Waals surface area contributed by atoms with E-state index in [1.165, 1.54) is 0 Å². The summed E-state index contributed by atoms with van der Waals surface area (Å²) in [5.41, 5.74) is 7.16. The third kappa shape index (κ3) is 4.72. The van der Waals surface area contributed by atoms with Gasteiger partial charge in [-0.3, -0.25) is 0 Å². The molecule has 0 amide bonds. The lowest BCUT2D eigenvalue weighted by atomic mass is 9.94. The van der Waals surface area contributed by atoms with Crippen molar-refractivity contribution in [2.45, 2.75) is 6.92 Å². The van der Waals surface area contributed by atoms with Gasteiger partial charge >= 0.3 is 0 Å². The highest BCUT2D eigenvalue weighted by Gasteiger charge is 2.13. The van der Waals surface area contributed by atoms with E-state index in [4.69, 9.17) is 4.74 Å². The van der Waals surface area contributed by atoms with E-state index >= 15 is 0 Å². The average Bonchev–Trinajstić information content (AvgIpc) is 2.98. The zero-order chi connectivity index (χ0) is 26.5. The molecule has 0 aliphatic carbocycles. The number of ether oxygens (including phenoxy) is 1. The number of hydrogen-bond acceptors (Lipinski definition) is 4. The number of rotatable bonds is 6. The number of anilines is 3. The Hall–Kier alpha value is -5.32. The third-order valence-corrected chi connectivity index (χ3v) is 6.69. The highest BCUT2D eigenvalue weighted by atomic mass is 16.5. The lowest BCUT2D eigenvalue weighted by Crippen LogP contribution is -2.09. The van der Waals surface area contributed by atoms with Gasteiger partial charge < -0.3 is 9.64 Å². The molecule has 0 aliphatic rings. The molecule has 0 radical (unpaired) electrons. The van der Waals surface area contributed by atoms with Gasteiger partial charge in [0.1, 0.15) is 5.75 Å². The summed E-state index contributed by atoms with van der Waals surface area (Å²) in [6.07, 6.45) is 4.01. The Labute approximate surface area is 222 Å². The number of benzene rings is 5. The van der Waals surface area contributed by atoms with Gasteiger partial charge in [-0.2, -0.15) is 10.5 Å². The second kappa shape index (κ2) is 10.7. The third-order valence-electron chi connectivity index (χ3n) is 6.69. The fraction of sp³-hybridized carbons (Fsp3) is 0.0588. The topological polar surface area (TPSA) is 60.0 Å². The van der Waals surface area contributed by atoms with E-state index in [-0.39, 0.29) is 0 Å². The molecule has 4 heteroatoms. The van der Waals surface area contributed by atoms with Crippen LogP contribution in [0, 0.1) is 29.6 Å². The summed E-state index contributed by atoms with van der Waals surface area (Å²) >= 11 is 0. The zero-order valence-electron chi connectivity index (χ0n) is 21.2. The van der Waals surface area contributed by atoms with Crippen LogP contribution in [0.2, 0.25) is 0 Å². The average molecular weight is 492 g/mol. The van der Waals surface area contributed by atoms with Crippen molar-refractivity contribution >= 4 is 40.0 Å². The van der Waals surface area contributed by atoms with Crippen LogP contribution in [0.1, 0.15) is 27.8 Å². The molecule has 5 rings (SSSR count). The van der Waals surface area contributed by atoms with E-state index in [0.717, 1.165) is 50.3 Å². The molecule has 0 unspecified atom stereocenters.